The zero-order valence-corrected chi connectivity index (χ0v) is 18.5. The molecule has 0 amide bonds. The Morgan fingerprint density at radius 1 is 1.32 bits per heavy atom. The Hall–Kier alpha value is -1.63. The smallest absolute Gasteiger partial charge is 0.302 e. The lowest BCUT2D eigenvalue weighted by Gasteiger charge is -2.62. The average molecular weight is 441 g/mol. The molecule has 0 radical (unpaired) electrons. The third kappa shape index (κ3) is 2.77. The predicted octanol–water partition coefficient (Wildman–Crippen LogP) is 4.56. The van der Waals surface area contributed by atoms with Crippen molar-refractivity contribution in [3.8, 4) is 0 Å². The Morgan fingerprint density at radius 2 is 2.00 bits per heavy atom. The Balaban J connectivity index is 1.87. The molecule has 4 rings (SSSR count). The fourth-order valence-electron chi connectivity index (χ4n) is 7.70. The number of alkyl halides is 2. The lowest BCUT2D eigenvalue weighted by Crippen LogP contribution is -2.69. The quantitative estimate of drug-likeness (QED) is 0.654. The highest BCUT2D eigenvalue weighted by Gasteiger charge is 2.74. The maximum absolute atomic E-state index is 17.1. The molecule has 0 aromatic heterocycles. The van der Waals surface area contributed by atoms with E-state index in [2.05, 4.69) is 0 Å². The number of halogens is 3. The van der Waals surface area contributed by atoms with E-state index in [9.17, 15) is 19.1 Å². The molecule has 0 aromatic rings. The zero-order chi connectivity index (χ0) is 22.9. The van der Waals surface area contributed by atoms with E-state index >= 15 is 8.78 Å². The van der Waals surface area contributed by atoms with Crippen LogP contribution >= 0.6 is 0 Å². The van der Waals surface area contributed by atoms with Crippen LogP contribution in [-0.4, -0.2) is 40.9 Å². The minimum Gasteiger partial charge on any atom is -0.462 e. The van der Waals surface area contributed by atoms with Crippen LogP contribution in [0.2, 0.25) is 0 Å². The topological polar surface area (TPSA) is 63.6 Å². The Morgan fingerprint density at radius 3 is 2.61 bits per heavy atom. The van der Waals surface area contributed by atoms with Gasteiger partial charge >= 0.3 is 5.97 Å². The van der Waals surface area contributed by atoms with Crippen molar-refractivity contribution in [3.05, 3.63) is 23.6 Å². The summed E-state index contributed by atoms with van der Waals surface area (Å²) in [7, 11) is 0. The largest absolute Gasteiger partial charge is 0.462 e. The summed E-state index contributed by atoms with van der Waals surface area (Å²) in [5.41, 5.74) is -5.23. The monoisotopic (exact) mass is 440 g/mol. The molecule has 0 unspecified atom stereocenters. The molecule has 3 saturated carbocycles. The summed E-state index contributed by atoms with van der Waals surface area (Å²) in [5, 5.41) is 11.3. The number of aliphatic hydroxyl groups is 1. The van der Waals surface area contributed by atoms with Crippen LogP contribution in [0.15, 0.2) is 23.6 Å². The SMILES string of the molecule is CCC[C@]12C[C@H](O)[C@@]3(F)[C@@H](C[C@H](F)C4=C(F)C(=O)C=C[C@@]43C)[C@@H]1C[C@@H](C)[C@H]2OC(C)=O. The fraction of sp³-hybridized carbons (Fsp3) is 0.750. The lowest BCUT2D eigenvalue weighted by atomic mass is 9.44. The van der Waals surface area contributed by atoms with Gasteiger partial charge in [-0.1, -0.05) is 26.3 Å². The van der Waals surface area contributed by atoms with Crippen molar-refractivity contribution in [1.82, 2.24) is 0 Å². The van der Waals surface area contributed by atoms with Gasteiger partial charge in [0.15, 0.2) is 11.5 Å². The molecule has 0 heterocycles. The van der Waals surface area contributed by atoms with Crippen LogP contribution in [0, 0.1) is 28.6 Å². The highest BCUT2D eigenvalue weighted by atomic mass is 19.2. The molecular weight excluding hydrogens is 409 g/mol. The summed E-state index contributed by atoms with van der Waals surface area (Å²) in [6.07, 6.45) is 0.00625. The molecule has 4 nitrogen and oxygen atoms in total. The minimum atomic E-state index is -2.33. The number of esters is 1. The van der Waals surface area contributed by atoms with Crippen LogP contribution in [0.1, 0.15) is 59.8 Å². The first kappa shape index (κ1) is 22.6. The summed E-state index contributed by atoms with van der Waals surface area (Å²) in [4.78, 5) is 23.7. The number of ketones is 1. The van der Waals surface area contributed by atoms with E-state index in [4.69, 9.17) is 4.74 Å². The van der Waals surface area contributed by atoms with E-state index in [-0.39, 0.29) is 24.7 Å². The number of aliphatic hydroxyl groups excluding tert-OH is 1. The second-order valence-corrected chi connectivity index (χ2v) is 10.3. The minimum absolute atomic E-state index is 0.0457. The Bertz CT molecular complexity index is 869. The first-order chi connectivity index (χ1) is 14.4. The first-order valence-corrected chi connectivity index (χ1v) is 11.3. The third-order valence-electron chi connectivity index (χ3n) is 8.69. The van der Waals surface area contributed by atoms with Crippen LogP contribution in [0.5, 0.6) is 0 Å². The fourth-order valence-corrected chi connectivity index (χ4v) is 7.70. The Kier molecular flexibility index (Phi) is 5.23. The van der Waals surface area contributed by atoms with Gasteiger partial charge in [-0.05, 0) is 50.5 Å². The maximum Gasteiger partial charge on any atom is 0.302 e. The number of carbonyl (C=O) groups is 2. The molecule has 31 heavy (non-hydrogen) atoms. The number of rotatable bonds is 3. The van der Waals surface area contributed by atoms with Crippen LogP contribution < -0.4 is 0 Å². The van der Waals surface area contributed by atoms with E-state index in [0.717, 1.165) is 12.5 Å². The summed E-state index contributed by atoms with van der Waals surface area (Å²) < 4.78 is 52.9. The molecule has 4 aliphatic rings. The van der Waals surface area contributed by atoms with Crippen molar-refractivity contribution in [2.24, 2.45) is 28.6 Å². The molecule has 0 aliphatic heterocycles. The van der Waals surface area contributed by atoms with E-state index in [1.54, 1.807) is 0 Å². The van der Waals surface area contributed by atoms with Crippen molar-refractivity contribution >= 4 is 11.8 Å². The van der Waals surface area contributed by atoms with Gasteiger partial charge in [-0.3, -0.25) is 9.59 Å². The average Bonchev–Trinajstić information content (AvgIpc) is 2.93. The predicted molar refractivity (Wildman–Crippen MR) is 108 cm³/mol. The van der Waals surface area contributed by atoms with Crippen molar-refractivity contribution in [3.63, 3.8) is 0 Å². The van der Waals surface area contributed by atoms with E-state index in [0.29, 0.717) is 12.8 Å². The van der Waals surface area contributed by atoms with Gasteiger partial charge in [0.1, 0.15) is 12.3 Å². The third-order valence-corrected chi connectivity index (χ3v) is 8.69. The van der Waals surface area contributed by atoms with Gasteiger partial charge in [-0.25, -0.2) is 13.2 Å². The zero-order valence-electron chi connectivity index (χ0n) is 18.5. The molecule has 4 aliphatic carbocycles. The number of allylic oxidation sites excluding steroid dienone is 4. The molecular formula is C24H31F3O4. The number of carbonyl (C=O) groups excluding carboxylic acids is 2. The van der Waals surface area contributed by atoms with Gasteiger partial charge in [-0.15, -0.1) is 0 Å². The van der Waals surface area contributed by atoms with Gasteiger partial charge in [0.2, 0.25) is 5.78 Å². The highest BCUT2D eigenvalue weighted by Crippen LogP contribution is 2.70. The molecule has 172 valence electrons. The van der Waals surface area contributed by atoms with Crippen LogP contribution in [0.3, 0.4) is 0 Å². The summed E-state index contributed by atoms with van der Waals surface area (Å²) >= 11 is 0. The number of hydrogen-bond acceptors (Lipinski definition) is 4. The highest BCUT2D eigenvalue weighted by molar-refractivity contribution is 6.04. The van der Waals surface area contributed by atoms with Crippen molar-refractivity contribution in [2.75, 3.05) is 0 Å². The lowest BCUT2D eigenvalue weighted by molar-refractivity contribution is -0.218. The van der Waals surface area contributed by atoms with Crippen LogP contribution in [0.4, 0.5) is 13.2 Å². The van der Waals surface area contributed by atoms with E-state index in [1.807, 2.05) is 13.8 Å². The molecule has 7 heteroatoms. The standard InChI is InChI=1S/C24H31F3O4/c1-5-7-23-11-18(30)24(27)15(14(23)9-12(2)21(23)31-13(3)28)10-16(25)19-20(26)17(29)6-8-22(19,24)4/h6,8,12,14-16,18,21,30H,5,7,9-11H2,1-4H3/t12-,14+,15+,16+,18+,21-,22+,23+,24+/m1/s1. The second-order valence-electron chi connectivity index (χ2n) is 10.3. The molecule has 0 bridgehead atoms. The van der Waals surface area contributed by atoms with Gasteiger partial charge in [-0.2, -0.15) is 0 Å². The summed E-state index contributed by atoms with van der Waals surface area (Å²) in [6.45, 7) is 6.65. The van der Waals surface area contributed by atoms with Gasteiger partial charge in [0.25, 0.3) is 0 Å². The van der Waals surface area contributed by atoms with E-state index < -0.39 is 63.9 Å². The normalized spacial score (nSPS) is 48.8. The van der Waals surface area contributed by atoms with Crippen molar-refractivity contribution in [1.29, 1.82) is 0 Å². The Labute approximate surface area is 180 Å². The number of fused-ring (bicyclic) bond motifs is 5. The summed E-state index contributed by atoms with van der Waals surface area (Å²) in [5.74, 6) is -3.93. The molecule has 3 fully saturated rings. The van der Waals surface area contributed by atoms with Gasteiger partial charge in [0.05, 0.1) is 6.10 Å². The molecule has 0 saturated heterocycles. The first-order valence-electron chi connectivity index (χ1n) is 11.3. The molecule has 1 N–H and O–H groups in total. The summed E-state index contributed by atoms with van der Waals surface area (Å²) in [6, 6.07) is 0. The molecule has 0 spiro atoms. The van der Waals surface area contributed by atoms with E-state index in [1.165, 1.54) is 19.9 Å². The van der Waals surface area contributed by atoms with Gasteiger partial charge < -0.3 is 9.84 Å². The van der Waals surface area contributed by atoms with Gasteiger partial charge in [0, 0.05) is 29.2 Å². The second kappa shape index (κ2) is 7.19. The molecule has 0 aromatic carbocycles. The van der Waals surface area contributed by atoms with Crippen molar-refractivity contribution < 1.29 is 32.6 Å². The van der Waals surface area contributed by atoms with Crippen LogP contribution in [0.25, 0.3) is 0 Å². The molecule has 9 atom stereocenters. The number of ether oxygens (including phenoxy) is 1. The van der Waals surface area contributed by atoms with Crippen molar-refractivity contribution in [2.45, 2.75) is 83.8 Å². The maximum atomic E-state index is 17.1. The van der Waals surface area contributed by atoms with Crippen LogP contribution in [-0.2, 0) is 14.3 Å². The number of hydrogen-bond donors (Lipinski definition) is 1.